The van der Waals surface area contributed by atoms with E-state index >= 15 is 0 Å². The standard InChI is InChI=1S/C15H22N2O3S/c1-3-13-16-11(9-21-13)8-12(18)17-15(14(19)20)6-4-10(2)5-7-15/h9-10H,3-8H2,1-2H3,(H,17,18)(H,19,20). The molecule has 1 aliphatic rings. The van der Waals surface area contributed by atoms with Gasteiger partial charge in [0.1, 0.15) is 5.54 Å². The van der Waals surface area contributed by atoms with Crippen LogP contribution in [0.25, 0.3) is 0 Å². The zero-order valence-electron chi connectivity index (χ0n) is 12.5. The number of aliphatic carboxylic acids is 1. The molecule has 6 heteroatoms. The molecular formula is C15H22N2O3S. The first-order valence-corrected chi connectivity index (χ1v) is 8.31. The van der Waals surface area contributed by atoms with Crippen LogP contribution in [0.15, 0.2) is 5.38 Å². The third-order valence-electron chi connectivity index (χ3n) is 4.16. The van der Waals surface area contributed by atoms with Gasteiger partial charge in [-0.1, -0.05) is 13.8 Å². The molecule has 0 radical (unpaired) electrons. The minimum atomic E-state index is -1.09. The number of amides is 1. The number of hydrogen-bond acceptors (Lipinski definition) is 4. The van der Waals surface area contributed by atoms with Crippen LogP contribution in [0.3, 0.4) is 0 Å². The van der Waals surface area contributed by atoms with Crippen molar-refractivity contribution in [1.82, 2.24) is 10.3 Å². The highest BCUT2D eigenvalue weighted by Gasteiger charge is 2.42. The van der Waals surface area contributed by atoms with E-state index in [0.717, 1.165) is 30.0 Å². The minimum absolute atomic E-state index is 0.154. The number of nitrogens with zero attached hydrogens (tertiary/aromatic N) is 1. The Kier molecular flexibility index (Phi) is 4.98. The Labute approximate surface area is 128 Å². The number of carboxylic acid groups (broad SMARTS) is 1. The van der Waals surface area contributed by atoms with Gasteiger partial charge in [-0.05, 0) is 38.0 Å². The lowest BCUT2D eigenvalue weighted by Crippen LogP contribution is -2.56. The second-order valence-corrected chi connectivity index (χ2v) is 6.82. The van der Waals surface area contributed by atoms with E-state index in [1.54, 1.807) is 0 Å². The van der Waals surface area contributed by atoms with E-state index in [4.69, 9.17) is 0 Å². The third kappa shape index (κ3) is 3.81. The van der Waals surface area contributed by atoms with Crippen LogP contribution >= 0.6 is 11.3 Å². The second-order valence-electron chi connectivity index (χ2n) is 5.88. The molecule has 21 heavy (non-hydrogen) atoms. The number of aryl methyl sites for hydroxylation is 1. The van der Waals surface area contributed by atoms with Gasteiger partial charge in [-0.15, -0.1) is 11.3 Å². The van der Waals surface area contributed by atoms with Crippen molar-refractivity contribution in [3.8, 4) is 0 Å². The molecule has 1 fully saturated rings. The number of rotatable bonds is 5. The highest BCUT2D eigenvalue weighted by molar-refractivity contribution is 7.09. The van der Waals surface area contributed by atoms with Crippen LogP contribution in [0, 0.1) is 5.92 Å². The van der Waals surface area contributed by atoms with Crippen molar-refractivity contribution in [2.45, 2.75) is 57.9 Å². The molecule has 1 aromatic heterocycles. The summed E-state index contributed by atoms with van der Waals surface area (Å²) in [6.45, 7) is 4.14. The van der Waals surface area contributed by atoms with Crippen LogP contribution in [0.4, 0.5) is 0 Å². The van der Waals surface area contributed by atoms with Crippen molar-refractivity contribution in [2.75, 3.05) is 0 Å². The lowest BCUT2D eigenvalue weighted by molar-refractivity contribution is -0.149. The van der Waals surface area contributed by atoms with E-state index in [2.05, 4.69) is 17.2 Å². The summed E-state index contributed by atoms with van der Waals surface area (Å²) in [7, 11) is 0. The third-order valence-corrected chi connectivity index (χ3v) is 5.20. The predicted molar refractivity (Wildman–Crippen MR) is 81.3 cm³/mol. The maximum absolute atomic E-state index is 12.2. The van der Waals surface area contributed by atoms with Crippen LogP contribution in [0.1, 0.15) is 50.2 Å². The smallest absolute Gasteiger partial charge is 0.329 e. The summed E-state index contributed by atoms with van der Waals surface area (Å²) in [4.78, 5) is 28.1. The van der Waals surface area contributed by atoms with Gasteiger partial charge in [0.2, 0.25) is 5.91 Å². The van der Waals surface area contributed by atoms with Crippen LogP contribution in [-0.2, 0) is 22.4 Å². The van der Waals surface area contributed by atoms with Gasteiger partial charge in [-0.3, -0.25) is 4.79 Å². The summed E-state index contributed by atoms with van der Waals surface area (Å²) in [5.41, 5.74) is -0.369. The summed E-state index contributed by atoms with van der Waals surface area (Å²) in [5.74, 6) is -0.643. The topological polar surface area (TPSA) is 79.3 Å². The van der Waals surface area contributed by atoms with Gasteiger partial charge in [0, 0.05) is 5.38 Å². The van der Waals surface area contributed by atoms with Crippen molar-refractivity contribution in [2.24, 2.45) is 5.92 Å². The molecule has 0 saturated heterocycles. The lowest BCUT2D eigenvalue weighted by atomic mass is 9.77. The molecule has 1 heterocycles. The van der Waals surface area contributed by atoms with E-state index in [-0.39, 0.29) is 12.3 Å². The summed E-state index contributed by atoms with van der Waals surface area (Å²) >= 11 is 1.54. The molecule has 116 valence electrons. The maximum atomic E-state index is 12.2. The molecule has 1 aliphatic carbocycles. The predicted octanol–water partition coefficient (Wildman–Crippen LogP) is 2.40. The molecule has 0 aromatic carbocycles. The van der Waals surface area contributed by atoms with E-state index in [9.17, 15) is 14.7 Å². The summed E-state index contributed by atoms with van der Waals surface area (Å²) in [5, 5.41) is 15.1. The first-order chi connectivity index (χ1) is 9.95. The van der Waals surface area contributed by atoms with Gasteiger partial charge in [-0.2, -0.15) is 0 Å². The quantitative estimate of drug-likeness (QED) is 0.875. The van der Waals surface area contributed by atoms with Crippen LogP contribution in [0.2, 0.25) is 0 Å². The molecule has 1 aromatic rings. The normalized spacial score (nSPS) is 25.5. The maximum Gasteiger partial charge on any atom is 0.329 e. The number of carbonyl (C=O) groups excluding carboxylic acids is 1. The lowest BCUT2D eigenvalue weighted by Gasteiger charge is -2.36. The van der Waals surface area contributed by atoms with Gasteiger partial charge in [0.25, 0.3) is 0 Å². The van der Waals surface area contributed by atoms with Crippen LogP contribution in [-0.4, -0.2) is 27.5 Å². The molecule has 0 aliphatic heterocycles. The Balaban J connectivity index is 2.00. The zero-order chi connectivity index (χ0) is 15.5. The van der Waals surface area contributed by atoms with Gasteiger partial charge < -0.3 is 10.4 Å². The van der Waals surface area contributed by atoms with Gasteiger partial charge in [-0.25, -0.2) is 9.78 Å². The average Bonchev–Trinajstić information content (AvgIpc) is 2.89. The van der Waals surface area contributed by atoms with Crippen LogP contribution in [0.5, 0.6) is 0 Å². The molecule has 1 saturated carbocycles. The van der Waals surface area contributed by atoms with Crippen molar-refractivity contribution >= 4 is 23.2 Å². The summed E-state index contributed by atoms with van der Waals surface area (Å²) < 4.78 is 0. The van der Waals surface area contributed by atoms with Gasteiger partial charge >= 0.3 is 5.97 Å². The molecule has 2 rings (SSSR count). The molecule has 5 nitrogen and oxygen atoms in total. The molecule has 0 atom stereocenters. The Bertz CT molecular complexity index is 519. The number of hydrogen-bond donors (Lipinski definition) is 2. The molecule has 2 N–H and O–H groups in total. The highest BCUT2D eigenvalue weighted by atomic mass is 32.1. The molecule has 1 amide bonds. The Morgan fingerprint density at radius 3 is 2.67 bits per heavy atom. The Hall–Kier alpha value is -1.43. The Morgan fingerprint density at radius 2 is 2.14 bits per heavy atom. The molecule has 0 spiro atoms. The second kappa shape index (κ2) is 6.56. The largest absolute Gasteiger partial charge is 0.480 e. The zero-order valence-corrected chi connectivity index (χ0v) is 13.3. The summed E-state index contributed by atoms with van der Waals surface area (Å²) in [6, 6.07) is 0. The fourth-order valence-corrected chi connectivity index (χ4v) is 3.46. The number of carboxylic acids is 1. The average molecular weight is 310 g/mol. The van der Waals surface area contributed by atoms with Crippen molar-refractivity contribution in [3.63, 3.8) is 0 Å². The van der Waals surface area contributed by atoms with E-state index in [0.29, 0.717) is 18.8 Å². The highest BCUT2D eigenvalue weighted by Crippen LogP contribution is 2.32. The SMILES string of the molecule is CCc1nc(CC(=O)NC2(C(=O)O)CCC(C)CC2)cs1. The number of aromatic nitrogens is 1. The van der Waals surface area contributed by atoms with Gasteiger partial charge in [0.15, 0.2) is 0 Å². The fraction of sp³-hybridized carbons (Fsp3) is 0.667. The van der Waals surface area contributed by atoms with Crippen LogP contribution < -0.4 is 5.32 Å². The number of thiazole rings is 1. The monoisotopic (exact) mass is 310 g/mol. The van der Waals surface area contributed by atoms with Gasteiger partial charge in [0.05, 0.1) is 17.1 Å². The molecule has 0 unspecified atom stereocenters. The number of nitrogens with one attached hydrogen (secondary N) is 1. The first kappa shape index (κ1) is 15.9. The molecular weight excluding hydrogens is 288 g/mol. The molecule has 0 bridgehead atoms. The van der Waals surface area contributed by atoms with E-state index in [1.807, 2.05) is 12.3 Å². The minimum Gasteiger partial charge on any atom is -0.480 e. The van der Waals surface area contributed by atoms with Crippen molar-refractivity contribution in [3.05, 3.63) is 16.1 Å². The van der Waals surface area contributed by atoms with E-state index in [1.165, 1.54) is 11.3 Å². The van der Waals surface area contributed by atoms with Crippen molar-refractivity contribution < 1.29 is 14.7 Å². The first-order valence-electron chi connectivity index (χ1n) is 7.43. The summed E-state index contributed by atoms with van der Waals surface area (Å²) in [6.07, 6.45) is 3.69. The number of carbonyl (C=O) groups is 2. The fourth-order valence-electron chi connectivity index (χ4n) is 2.72. The van der Waals surface area contributed by atoms with E-state index < -0.39 is 11.5 Å². The van der Waals surface area contributed by atoms with Crippen molar-refractivity contribution in [1.29, 1.82) is 0 Å². The Morgan fingerprint density at radius 1 is 1.48 bits per heavy atom.